The molecule has 0 radical (unpaired) electrons. The van der Waals surface area contributed by atoms with Gasteiger partial charge in [0.2, 0.25) is 11.8 Å². The Morgan fingerprint density at radius 1 is 1.14 bits per heavy atom. The third-order valence-electron chi connectivity index (χ3n) is 4.36. The van der Waals surface area contributed by atoms with Gasteiger partial charge in [-0.2, -0.15) is 17.4 Å². The van der Waals surface area contributed by atoms with Gasteiger partial charge in [-0.05, 0) is 25.7 Å². The Morgan fingerprint density at radius 3 is 2.38 bits per heavy atom. The topological polar surface area (TPSA) is 88.3 Å². The van der Waals surface area contributed by atoms with E-state index >= 15 is 0 Å². The highest BCUT2D eigenvalue weighted by Gasteiger charge is 2.32. The number of piperidine rings is 1. The summed E-state index contributed by atoms with van der Waals surface area (Å²) in [5.41, 5.74) is 0. The van der Waals surface area contributed by atoms with Crippen molar-refractivity contribution in [2.24, 2.45) is 0 Å². The van der Waals surface area contributed by atoms with Crippen molar-refractivity contribution in [1.82, 2.24) is 19.2 Å². The Hall–Kier alpha value is -0.990. The van der Waals surface area contributed by atoms with Gasteiger partial charge in [-0.25, -0.2) is 0 Å². The standard InChI is InChI=1S/C13H22N4O3S/c1-10-14-15-13(20-10)11-6-8-17(9-7-11)21(18,19)16-12-4-2-3-5-12/h11-12,16H,2-9H2,1H3. The minimum atomic E-state index is -3.35. The lowest BCUT2D eigenvalue weighted by molar-refractivity contribution is 0.284. The zero-order valence-electron chi connectivity index (χ0n) is 12.3. The van der Waals surface area contributed by atoms with Crippen LogP contribution in [0.25, 0.3) is 0 Å². The molecule has 0 unspecified atom stereocenters. The van der Waals surface area contributed by atoms with E-state index in [4.69, 9.17) is 4.42 Å². The Morgan fingerprint density at radius 2 is 1.81 bits per heavy atom. The zero-order valence-corrected chi connectivity index (χ0v) is 13.1. The van der Waals surface area contributed by atoms with Crippen molar-refractivity contribution in [3.63, 3.8) is 0 Å². The van der Waals surface area contributed by atoms with E-state index in [-0.39, 0.29) is 12.0 Å². The first-order chi connectivity index (χ1) is 10.0. The van der Waals surface area contributed by atoms with Crippen LogP contribution in [0.1, 0.15) is 56.2 Å². The molecular weight excluding hydrogens is 292 g/mol. The number of aryl methyl sites for hydroxylation is 1. The highest BCUT2D eigenvalue weighted by molar-refractivity contribution is 7.87. The number of hydrogen-bond donors (Lipinski definition) is 1. The predicted molar refractivity (Wildman–Crippen MR) is 76.9 cm³/mol. The molecule has 7 nitrogen and oxygen atoms in total. The van der Waals surface area contributed by atoms with E-state index in [1.807, 2.05) is 0 Å². The molecule has 1 aliphatic carbocycles. The van der Waals surface area contributed by atoms with Crippen LogP contribution in [0.3, 0.4) is 0 Å². The van der Waals surface area contributed by atoms with Crippen LogP contribution in [0.2, 0.25) is 0 Å². The van der Waals surface area contributed by atoms with Gasteiger partial charge in [0.15, 0.2) is 0 Å². The fourth-order valence-corrected chi connectivity index (χ4v) is 4.65. The SMILES string of the molecule is Cc1nnc(C2CCN(S(=O)(=O)NC3CCCC3)CC2)o1. The number of nitrogens with one attached hydrogen (secondary N) is 1. The summed E-state index contributed by atoms with van der Waals surface area (Å²) in [4.78, 5) is 0. The first kappa shape index (κ1) is 14.9. The Kier molecular flexibility index (Phi) is 4.28. The minimum absolute atomic E-state index is 0.117. The van der Waals surface area contributed by atoms with Gasteiger partial charge in [-0.15, -0.1) is 10.2 Å². The molecule has 2 aliphatic rings. The number of rotatable bonds is 4. The molecule has 8 heteroatoms. The largest absolute Gasteiger partial charge is 0.425 e. The van der Waals surface area contributed by atoms with Crippen molar-refractivity contribution in [2.45, 2.75) is 57.4 Å². The van der Waals surface area contributed by atoms with Crippen LogP contribution in [0.5, 0.6) is 0 Å². The van der Waals surface area contributed by atoms with Gasteiger partial charge in [0.1, 0.15) is 0 Å². The summed E-state index contributed by atoms with van der Waals surface area (Å²) in [7, 11) is -3.35. The molecule has 118 valence electrons. The van der Waals surface area contributed by atoms with Crippen LogP contribution in [-0.4, -0.2) is 42.1 Å². The first-order valence-electron chi connectivity index (χ1n) is 7.62. The van der Waals surface area contributed by atoms with E-state index in [1.165, 1.54) is 0 Å². The summed E-state index contributed by atoms with van der Waals surface area (Å²) in [5, 5.41) is 7.88. The third kappa shape index (κ3) is 3.44. The molecule has 1 saturated heterocycles. The van der Waals surface area contributed by atoms with Gasteiger partial charge < -0.3 is 4.42 Å². The van der Waals surface area contributed by atoms with Crippen molar-refractivity contribution in [3.8, 4) is 0 Å². The van der Waals surface area contributed by atoms with Gasteiger partial charge in [0.25, 0.3) is 10.2 Å². The number of hydrogen-bond acceptors (Lipinski definition) is 5. The van der Waals surface area contributed by atoms with Crippen molar-refractivity contribution in [2.75, 3.05) is 13.1 Å². The van der Waals surface area contributed by atoms with Gasteiger partial charge in [0.05, 0.1) is 0 Å². The minimum Gasteiger partial charge on any atom is -0.425 e. The third-order valence-corrected chi connectivity index (χ3v) is 6.03. The Labute approximate surface area is 125 Å². The van der Waals surface area contributed by atoms with E-state index in [0.29, 0.717) is 24.9 Å². The van der Waals surface area contributed by atoms with Crippen LogP contribution >= 0.6 is 0 Å². The van der Waals surface area contributed by atoms with Crippen LogP contribution in [0, 0.1) is 6.92 Å². The molecule has 2 heterocycles. The van der Waals surface area contributed by atoms with Gasteiger partial charge in [-0.3, -0.25) is 0 Å². The van der Waals surface area contributed by atoms with Gasteiger partial charge in [-0.1, -0.05) is 12.8 Å². The Bertz CT molecular complexity index is 572. The van der Waals surface area contributed by atoms with E-state index in [1.54, 1.807) is 11.2 Å². The van der Waals surface area contributed by atoms with Crippen molar-refractivity contribution in [3.05, 3.63) is 11.8 Å². The molecule has 1 saturated carbocycles. The molecule has 1 aromatic rings. The molecule has 3 rings (SSSR count). The maximum Gasteiger partial charge on any atom is 0.279 e. The fourth-order valence-electron chi connectivity index (χ4n) is 3.15. The highest BCUT2D eigenvalue weighted by atomic mass is 32.2. The van der Waals surface area contributed by atoms with Crippen molar-refractivity contribution in [1.29, 1.82) is 0 Å². The normalized spacial score (nSPS) is 22.9. The second-order valence-corrected chi connectivity index (χ2v) is 7.64. The second-order valence-electron chi connectivity index (χ2n) is 5.94. The summed E-state index contributed by atoms with van der Waals surface area (Å²) in [6.07, 6.45) is 5.60. The summed E-state index contributed by atoms with van der Waals surface area (Å²) >= 11 is 0. The maximum absolute atomic E-state index is 12.4. The molecular formula is C13H22N4O3S. The lowest BCUT2D eigenvalue weighted by Gasteiger charge is -2.30. The fraction of sp³-hybridized carbons (Fsp3) is 0.846. The molecule has 0 spiro atoms. The molecule has 21 heavy (non-hydrogen) atoms. The van der Waals surface area contributed by atoms with E-state index in [2.05, 4.69) is 14.9 Å². The zero-order chi connectivity index (χ0) is 14.9. The molecule has 0 aromatic carbocycles. The average Bonchev–Trinajstić information content (AvgIpc) is 3.10. The lowest BCUT2D eigenvalue weighted by atomic mass is 9.98. The van der Waals surface area contributed by atoms with Crippen LogP contribution in [0.4, 0.5) is 0 Å². The summed E-state index contributed by atoms with van der Waals surface area (Å²) in [6.45, 7) is 2.78. The quantitative estimate of drug-likeness (QED) is 0.906. The highest BCUT2D eigenvalue weighted by Crippen LogP contribution is 2.28. The molecule has 2 fully saturated rings. The van der Waals surface area contributed by atoms with Crippen molar-refractivity contribution >= 4 is 10.2 Å². The number of nitrogens with zero attached hydrogens (tertiary/aromatic N) is 3. The maximum atomic E-state index is 12.4. The van der Waals surface area contributed by atoms with E-state index in [0.717, 1.165) is 38.5 Å². The van der Waals surface area contributed by atoms with Gasteiger partial charge >= 0.3 is 0 Å². The molecule has 1 aromatic heterocycles. The van der Waals surface area contributed by atoms with Crippen molar-refractivity contribution < 1.29 is 12.8 Å². The molecule has 1 aliphatic heterocycles. The van der Waals surface area contributed by atoms with E-state index < -0.39 is 10.2 Å². The molecule has 0 atom stereocenters. The summed E-state index contributed by atoms with van der Waals surface area (Å²) < 4.78 is 34.5. The smallest absolute Gasteiger partial charge is 0.279 e. The predicted octanol–water partition coefficient (Wildman–Crippen LogP) is 1.33. The first-order valence-corrected chi connectivity index (χ1v) is 9.06. The van der Waals surface area contributed by atoms with Crippen LogP contribution in [0.15, 0.2) is 4.42 Å². The Balaban J connectivity index is 1.57. The molecule has 0 amide bonds. The molecule has 1 N–H and O–H groups in total. The number of aromatic nitrogens is 2. The van der Waals surface area contributed by atoms with Crippen LogP contribution in [-0.2, 0) is 10.2 Å². The average molecular weight is 314 g/mol. The summed E-state index contributed by atoms with van der Waals surface area (Å²) in [5.74, 6) is 1.36. The monoisotopic (exact) mass is 314 g/mol. The van der Waals surface area contributed by atoms with Gasteiger partial charge in [0, 0.05) is 32.0 Å². The lowest BCUT2D eigenvalue weighted by Crippen LogP contribution is -2.47. The van der Waals surface area contributed by atoms with Crippen LogP contribution < -0.4 is 4.72 Å². The van der Waals surface area contributed by atoms with E-state index in [9.17, 15) is 8.42 Å². The summed E-state index contributed by atoms with van der Waals surface area (Å²) in [6, 6.07) is 0.117. The second kappa shape index (κ2) is 6.02. The molecule has 0 bridgehead atoms.